The van der Waals surface area contributed by atoms with Crippen molar-refractivity contribution in [3.63, 3.8) is 0 Å². The number of aliphatic hydroxyl groups is 3. The standard InChI is InChI=1S/C15H20I3N3O5/c1-2-6(23)3-20-14(25)8-10(16)9(12(18)13(19)11(8)17)15(26)21-4-7(24)5-22/h6-7,22-24H,2-5,19H2,1H3,(H,20,25)(H,21,26). The minimum absolute atomic E-state index is 0.0948. The number of nitrogen functional groups attached to an aromatic ring is 1. The molecule has 0 saturated carbocycles. The lowest BCUT2D eigenvalue weighted by atomic mass is 10.1. The molecule has 0 spiro atoms. The van der Waals surface area contributed by atoms with Crippen molar-refractivity contribution in [3.05, 3.63) is 21.8 Å². The molecule has 2 amide bonds. The number of carbonyl (C=O) groups excluding carboxylic acids is 2. The highest BCUT2D eigenvalue weighted by molar-refractivity contribution is 14.1. The zero-order valence-corrected chi connectivity index (χ0v) is 20.3. The number of hydrogen-bond donors (Lipinski definition) is 6. The van der Waals surface area contributed by atoms with Crippen LogP contribution in [0.2, 0.25) is 0 Å². The quantitative estimate of drug-likeness (QED) is 0.174. The number of hydrogen-bond acceptors (Lipinski definition) is 6. The first kappa shape index (κ1) is 24.1. The van der Waals surface area contributed by atoms with E-state index in [0.29, 0.717) is 22.8 Å². The Labute approximate surface area is 192 Å². The van der Waals surface area contributed by atoms with E-state index in [2.05, 4.69) is 10.6 Å². The van der Waals surface area contributed by atoms with E-state index >= 15 is 0 Å². The van der Waals surface area contributed by atoms with E-state index in [-0.39, 0.29) is 24.2 Å². The van der Waals surface area contributed by atoms with Gasteiger partial charge in [0.1, 0.15) is 0 Å². The third-order valence-electron chi connectivity index (χ3n) is 3.48. The van der Waals surface area contributed by atoms with Gasteiger partial charge in [-0.1, -0.05) is 6.92 Å². The lowest BCUT2D eigenvalue weighted by molar-refractivity contribution is 0.0800. The Morgan fingerprint density at radius 2 is 1.38 bits per heavy atom. The zero-order valence-electron chi connectivity index (χ0n) is 13.9. The topological polar surface area (TPSA) is 145 Å². The predicted molar refractivity (Wildman–Crippen MR) is 123 cm³/mol. The van der Waals surface area contributed by atoms with Crippen molar-refractivity contribution < 1.29 is 24.9 Å². The van der Waals surface area contributed by atoms with E-state index in [1.807, 2.05) is 67.8 Å². The van der Waals surface area contributed by atoms with Gasteiger partial charge in [-0.25, -0.2) is 0 Å². The number of benzene rings is 1. The molecule has 1 aromatic carbocycles. The fourth-order valence-corrected chi connectivity index (χ4v) is 6.03. The highest BCUT2D eigenvalue weighted by Crippen LogP contribution is 2.33. The Balaban J connectivity index is 3.22. The van der Waals surface area contributed by atoms with E-state index in [9.17, 15) is 19.8 Å². The Kier molecular flexibility index (Phi) is 10.3. The highest BCUT2D eigenvalue weighted by Gasteiger charge is 2.27. The number of halogens is 3. The van der Waals surface area contributed by atoms with Gasteiger partial charge >= 0.3 is 0 Å². The molecule has 0 aliphatic heterocycles. The summed E-state index contributed by atoms with van der Waals surface area (Å²) in [5.41, 5.74) is 6.88. The number of anilines is 1. The summed E-state index contributed by atoms with van der Waals surface area (Å²) in [5, 5.41) is 33.0. The molecule has 1 aromatic rings. The van der Waals surface area contributed by atoms with Gasteiger partial charge < -0.3 is 31.7 Å². The minimum Gasteiger partial charge on any atom is -0.397 e. The van der Waals surface area contributed by atoms with Gasteiger partial charge in [0.15, 0.2) is 0 Å². The highest BCUT2D eigenvalue weighted by atomic mass is 127. The first-order chi connectivity index (χ1) is 12.1. The molecule has 0 saturated heterocycles. The van der Waals surface area contributed by atoms with Crippen LogP contribution in [0.4, 0.5) is 5.69 Å². The number of aliphatic hydroxyl groups excluding tert-OH is 3. The molecule has 0 aliphatic carbocycles. The van der Waals surface area contributed by atoms with Crippen molar-refractivity contribution in [3.8, 4) is 0 Å². The molecule has 0 radical (unpaired) electrons. The van der Waals surface area contributed by atoms with E-state index < -0.39 is 30.6 Å². The van der Waals surface area contributed by atoms with Gasteiger partial charge in [-0.3, -0.25) is 9.59 Å². The van der Waals surface area contributed by atoms with E-state index in [4.69, 9.17) is 10.8 Å². The van der Waals surface area contributed by atoms with E-state index in [1.54, 1.807) is 6.92 Å². The molecule has 8 nitrogen and oxygen atoms in total. The third kappa shape index (κ3) is 6.02. The third-order valence-corrected chi connectivity index (χ3v) is 6.80. The van der Waals surface area contributed by atoms with Crippen LogP contribution < -0.4 is 16.4 Å². The first-order valence-corrected chi connectivity index (χ1v) is 10.9. The van der Waals surface area contributed by atoms with Crippen LogP contribution in [0.5, 0.6) is 0 Å². The van der Waals surface area contributed by atoms with Crippen LogP contribution in [-0.2, 0) is 0 Å². The molecule has 0 bridgehead atoms. The van der Waals surface area contributed by atoms with Crippen LogP contribution in [-0.4, -0.2) is 59.0 Å². The molecule has 0 aromatic heterocycles. The SMILES string of the molecule is CCC(O)CNC(=O)c1c(I)c(N)c(I)c(C(=O)NCC(O)CO)c1I. The van der Waals surface area contributed by atoms with Crippen LogP contribution in [0.25, 0.3) is 0 Å². The smallest absolute Gasteiger partial charge is 0.253 e. The van der Waals surface area contributed by atoms with Crippen LogP contribution in [0, 0.1) is 10.7 Å². The number of nitrogens with two attached hydrogens (primary N) is 1. The summed E-state index contributed by atoms with van der Waals surface area (Å²) in [5.74, 6) is -0.934. The molecule has 146 valence electrons. The second-order valence-corrected chi connectivity index (χ2v) is 8.66. The average molecular weight is 703 g/mol. The largest absolute Gasteiger partial charge is 0.397 e. The maximum Gasteiger partial charge on any atom is 0.253 e. The van der Waals surface area contributed by atoms with E-state index in [1.165, 1.54) is 0 Å². The summed E-state index contributed by atoms with van der Waals surface area (Å²) in [4.78, 5) is 25.1. The van der Waals surface area contributed by atoms with Crippen molar-refractivity contribution >= 4 is 85.3 Å². The zero-order chi connectivity index (χ0) is 20.0. The summed E-state index contributed by atoms with van der Waals surface area (Å²) in [6.45, 7) is 1.29. The molecule has 0 heterocycles. The Bertz CT molecular complexity index is 634. The molecule has 7 N–H and O–H groups in total. The Hall–Kier alpha value is 0.0300. The molecule has 2 unspecified atom stereocenters. The van der Waals surface area contributed by atoms with Gasteiger partial charge in [0.25, 0.3) is 11.8 Å². The Morgan fingerprint density at radius 1 is 0.962 bits per heavy atom. The molecule has 0 fully saturated rings. The van der Waals surface area contributed by atoms with Crippen LogP contribution in [0.3, 0.4) is 0 Å². The maximum atomic E-state index is 12.6. The molecule has 0 aliphatic rings. The normalized spacial score (nSPS) is 13.2. The van der Waals surface area contributed by atoms with Crippen LogP contribution >= 0.6 is 67.8 Å². The number of amides is 2. The van der Waals surface area contributed by atoms with Gasteiger partial charge in [0.05, 0.1) is 42.8 Å². The molecular weight excluding hydrogens is 683 g/mol. The molecular formula is C15H20I3N3O5. The summed E-state index contributed by atoms with van der Waals surface area (Å²) in [7, 11) is 0. The maximum absolute atomic E-state index is 12.6. The molecule has 26 heavy (non-hydrogen) atoms. The number of nitrogens with one attached hydrogen (secondary N) is 2. The van der Waals surface area contributed by atoms with Gasteiger partial charge in [-0.2, -0.15) is 0 Å². The van der Waals surface area contributed by atoms with E-state index in [0.717, 1.165) is 0 Å². The average Bonchev–Trinajstić information content (AvgIpc) is 2.62. The lowest BCUT2D eigenvalue weighted by Gasteiger charge is -2.18. The van der Waals surface area contributed by atoms with Crippen molar-refractivity contribution in [2.45, 2.75) is 25.6 Å². The predicted octanol–water partition coefficient (Wildman–Crippen LogP) is 0.666. The van der Waals surface area contributed by atoms with Crippen molar-refractivity contribution in [2.24, 2.45) is 0 Å². The van der Waals surface area contributed by atoms with Crippen molar-refractivity contribution in [1.82, 2.24) is 10.6 Å². The molecule has 1 rings (SSSR count). The number of rotatable bonds is 8. The lowest BCUT2D eigenvalue weighted by Crippen LogP contribution is -2.36. The summed E-state index contributed by atoms with van der Waals surface area (Å²) < 4.78 is 1.44. The monoisotopic (exact) mass is 703 g/mol. The second kappa shape index (κ2) is 11.1. The fraction of sp³-hybridized carbons (Fsp3) is 0.467. The van der Waals surface area contributed by atoms with Crippen LogP contribution in [0.15, 0.2) is 0 Å². The second-order valence-electron chi connectivity index (χ2n) is 5.42. The van der Waals surface area contributed by atoms with Gasteiger partial charge in [-0.15, -0.1) is 0 Å². The summed E-state index contributed by atoms with van der Waals surface area (Å²) in [6.07, 6.45) is -1.23. The van der Waals surface area contributed by atoms with Gasteiger partial charge in [-0.05, 0) is 74.2 Å². The first-order valence-electron chi connectivity index (χ1n) is 7.64. The minimum atomic E-state index is -1.08. The number of carbonyl (C=O) groups is 2. The van der Waals surface area contributed by atoms with Crippen LogP contribution in [0.1, 0.15) is 34.1 Å². The summed E-state index contributed by atoms with van der Waals surface area (Å²) >= 11 is 5.80. The molecule has 11 heteroatoms. The summed E-state index contributed by atoms with van der Waals surface area (Å²) in [6, 6.07) is 0. The van der Waals surface area contributed by atoms with Gasteiger partial charge in [0, 0.05) is 16.7 Å². The van der Waals surface area contributed by atoms with Crippen molar-refractivity contribution in [2.75, 3.05) is 25.4 Å². The molecule has 2 atom stereocenters. The van der Waals surface area contributed by atoms with Gasteiger partial charge in [0.2, 0.25) is 0 Å². The Morgan fingerprint density at radius 3 is 1.77 bits per heavy atom. The van der Waals surface area contributed by atoms with Crippen molar-refractivity contribution in [1.29, 1.82) is 0 Å². The fourth-order valence-electron chi connectivity index (χ4n) is 1.89.